The molecule has 9 heteroatoms. The summed E-state index contributed by atoms with van der Waals surface area (Å²) in [6.45, 7) is 4.15. The van der Waals surface area contributed by atoms with Gasteiger partial charge in [0.15, 0.2) is 0 Å². The van der Waals surface area contributed by atoms with Gasteiger partial charge in [0, 0.05) is 11.3 Å². The summed E-state index contributed by atoms with van der Waals surface area (Å²) in [6, 6.07) is 17.2. The van der Waals surface area contributed by atoms with Gasteiger partial charge in [0.2, 0.25) is 0 Å². The Bertz CT molecular complexity index is 1300. The zero-order valence-electron chi connectivity index (χ0n) is 19.8. The normalized spacial score (nSPS) is 10.9. The molecule has 0 aliphatic carbocycles. The van der Waals surface area contributed by atoms with Crippen LogP contribution in [0.3, 0.4) is 0 Å². The van der Waals surface area contributed by atoms with E-state index < -0.39 is 16.0 Å². The molecule has 35 heavy (non-hydrogen) atoms. The third kappa shape index (κ3) is 6.60. The maximum absolute atomic E-state index is 13.0. The van der Waals surface area contributed by atoms with Crippen molar-refractivity contribution in [2.24, 2.45) is 0 Å². The molecule has 0 saturated heterocycles. The quantitative estimate of drug-likeness (QED) is 0.301. The molecule has 0 aliphatic rings. The van der Waals surface area contributed by atoms with Crippen LogP contribution in [0.15, 0.2) is 71.6 Å². The standard InChI is InChI=1S/C26H28N2O6S/c1-4-5-16-34-26(30)19-10-12-20(13-11-19)28-35(31,32)21-14-15-24(33-3)23(17-21)27-25(29)22-9-7-6-8-18(22)2/h6-15,17,28H,4-5,16H2,1-3H3,(H,27,29). The second-order valence-corrected chi connectivity index (χ2v) is 9.49. The van der Waals surface area contributed by atoms with E-state index in [1.54, 1.807) is 12.1 Å². The Hall–Kier alpha value is -3.85. The van der Waals surface area contributed by atoms with E-state index in [9.17, 15) is 18.0 Å². The van der Waals surface area contributed by atoms with Crippen molar-refractivity contribution in [3.05, 3.63) is 83.4 Å². The summed E-state index contributed by atoms with van der Waals surface area (Å²) in [7, 11) is -2.56. The lowest BCUT2D eigenvalue weighted by molar-refractivity contribution is 0.0499. The van der Waals surface area contributed by atoms with Crippen LogP contribution in [0.4, 0.5) is 11.4 Å². The van der Waals surface area contributed by atoms with Gasteiger partial charge in [0.05, 0.1) is 29.9 Å². The molecular formula is C26H28N2O6S. The number of ether oxygens (including phenoxy) is 2. The number of rotatable bonds is 10. The fraction of sp³-hybridized carbons (Fsp3) is 0.231. The van der Waals surface area contributed by atoms with Crippen LogP contribution in [0.25, 0.3) is 0 Å². The van der Waals surface area contributed by atoms with Crippen LogP contribution in [0.2, 0.25) is 0 Å². The number of nitrogens with one attached hydrogen (secondary N) is 2. The fourth-order valence-corrected chi connectivity index (χ4v) is 4.33. The number of unbranched alkanes of at least 4 members (excludes halogenated alkanes) is 1. The third-order valence-electron chi connectivity index (χ3n) is 5.22. The second kappa shape index (κ2) is 11.5. The van der Waals surface area contributed by atoms with Crippen LogP contribution >= 0.6 is 0 Å². The van der Waals surface area contributed by atoms with E-state index in [4.69, 9.17) is 9.47 Å². The first-order valence-corrected chi connectivity index (χ1v) is 12.6. The molecule has 1 amide bonds. The topological polar surface area (TPSA) is 111 Å². The highest BCUT2D eigenvalue weighted by Crippen LogP contribution is 2.29. The smallest absolute Gasteiger partial charge is 0.338 e. The van der Waals surface area contributed by atoms with Crippen LogP contribution in [0.1, 0.15) is 46.0 Å². The third-order valence-corrected chi connectivity index (χ3v) is 6.60. The summed E-state index contributed by atoms with van der Waals surface area (Å²) in [4.78, 5) is 24.7. The fourth-order valence-electron chi connectivity index (χ4n) is 3.25. The van der Waals surface area contributed by atoms with Crippen molar-refractivity contribution in [1.29, 1.82) is 0 Å². The Morgan fingerprint density at radius 1 is 0.971 bits per heavy atom. The zero-order valence-corrected chi connectivity index (χ0v) is 20.6. The molecule has 0 fully saturated rings. The highest BCUT2D eigenvalue weighted by atomic mass is 32.2. The molecule has 0 unspecified atom stereocenters. The van der Waals surface area contributed by atoms with Gasteiger partial charge < -0.3 is 14.8 Å². The summed E-state index contributed by atoms with van der Waals surface area (Å²) < 4.78 is 38.9. The van der Waals surface area contributed by atoms with Gasteiger partial charge in [0.25, 0.3) is 15.9 Å². The number of esters is 1. The lowest BCUT2D eigenvalue weighted by atomic mass is 10.1. The minimum Gasteiger partial charge on any atom is -0.495 e. The Kier molecular flexibility index (Phi) is 8.48. The lowest BCUT2D eigenvalue weighted by Gasteiger charge is -2.14. The first-order chi connectivity index (χ1) is 16.7. The zero-order chi connectivity index (χ0) is 25.4. The van der Waals surface area contributed by atoms with E-state index >= 15 is 0 Å². The molecule has 0 aliphatic heterocycles. The molecular weight excluding hydrogens is 468 g/mol. The number of sulfonamides is 1. The second-order valence-electron chi connectivity index (χ2n) is 7.80. The van der Waals surface area contributed by atoms with Crippen molar-refractivity contribution in [3.8, 4) is 5.75 Å². The summed E-state index contributed by atoms with van der Waals surface area (Å²) >= 11 is 0. The van der Waals surface area contributed by atoms with Gasteiger partial charge in [-0.15, -0.1) is 0 Å². The Morgan fingerprint density at radius 2 is 1.69 bits per heavy atom. The molecule has 0 saturated carbocycles. The van der Waals surface area contributed by atoms with E-state index in [0.29, 0.717) is 23.5 Å². The summed E-state index contributed by atoms with van der Waals surface area (Å²) in [5, 5.41) is 2.73. The maximum Gasteiger partial charge on any atom is 0.338 e. The first kappa shape index (κ1) is 25.8. The largest absolute Gasteiger partial charge is 0.495 e. The molecule has 8 nitrogen and oxygen atoms in total. The summed E-state index contributed by atoms with van der Waals surface area (Å²) in [5.74, 6) is -0.529. The molecule has 184 valence electrons. The predicted octanol–water partition coefficient (Wildman–Crippen LogP) is 5.01. The maximum atomic E-state index is 13.0. The molecule has 3 aromatic rings. The summed E-state index contributed by atoms with van der Waals surface area (Å²) in [5.41, 5.74) is 2.07. The average Bonchev–Trinajstić information content (AvgIpc) is 2.84. The molecule has 0 spiro atoms. The molecule has 0 heterocycles. The number of carbonyl (C=O) groups is 2. The number of hydrogen-bond donors (Lipinski definition) is 2. The number of amides is 1. The molecule has 0 atom stereocenters. The predicted molar refractivity (Wildman–Crippen MR) is 135 cm³/mol. The Balaban J connectivity index is 1.78. The highest BCUT2D eigenvalue weighted by molar-refractivity contribution is 7.92. The molecule has 0 aromatic heterocycles. The van der Waals surface area contributed by atoms with Crippen LogP contribution < -0.4 is 14.8 Å². The van der Waals surface area contributed by atoms with E-state index in [1.807, 2.05) is 26.0 Å². The van der Waals surface area contributed by atoms with Crippen molar-refractivity contribution >= 4 is 33.3 Å². The Morgan fingerprint density at radius 3 is 2.34 bits per heavy atom. The van der Waals surface area contributed by atoms with Gasteiger partial charge in [-0.3, -0.25) is 9.52 Å². The number of methoxy groups -OCH3 is 1. The van der Waals surface area contributed by atoms with E-state index in [2.05, 4.69) is 10.0 Å². The van der Waals surface area contributed by atoms with Crippen molar-refractivity contribution < 1.29 is 27.5 Å². The average molecular weight is 497 g/mol. The van der Waals surface area contributed by atoms with E-state index in [-0.39, 0.29) is 22.2 Å². The van der Waals surface area contributed by atoms with Gasteiger partial charge >= 0.3 is 5.97 Å². The van der Waals surface area contributed by atoms with Gasteiger partial charge in [-0.25, -0.2) is 13.2 Å². The highest BCUT2D eigenvalue weighted by Gasteiger charge is 2.19. The molecule has 0 radical (unpaired) electrons. The first-order valence-electron chi connectivity index (χ1n) is 11.1. The monoisotopic (exact) mass is 496 g/mol. The van der Waals surface area contributed by atoms with Crippen LogP contribution in [0.5, 0.6) is 5.75 Å². The number of anilines is 2. The molecule has 2 N–H and O–H groups in total. The SMILES string of the molecule is CCCCOC(=O)c1ccc(NS(=O)(=O)c2ccc(OC)c(NC(=O)c3ccccc3C)c2)cc1. The van der Waals surface area contributed by atoms with E-state index in [1.165, 1.54) is 49.6 Å². The minimum absolute atomic E-state index is 0.0681. The van der Waals surface area contributed by atoms with Crippen LogP contribution in [-0.2, 0) is 14.8 Å². The number of carbonyl (C=O) groups excluding carboxylic acids is 2. The van der Waals surface area contributed by atoms with Crippen molar-refractivity contribution in [1.82, 2.24) is 0 Å². The number of hydrogen-bond acceptors (Lipinski definition) is 6. The minimum atomic E-state index is -3.99. The lowest BCUT2D eigenvalue weighted by Crippen LogP contribution is -2.16. The van der Waals surface area contributed by atoms with Crippen molar-refractivity contribution in [2.45, 2.75) is 31.6 Å². The number of benzene rings is 3. The van der Waals surface area contributed by atoms with Gasteiger partial charge in [-0.1, -0.05) is 31.5 Å². The van der Waals surface area contributed by atoms with Gasteiger partial charge in [-0.05, 0) is 67.4 Å². The summed E-state index contributed by atoms with van der Waals surface area (Å²) in [6.07, 6.45) is 1.69. The number of aryl methyl sites for hydroxylation is 1. The Labute approximate surface area is 205 Å². The van der Waals surface area contributed by atoms with Gasteiger partial charge in [-0.2, -0.15) is 0 Å². The molecule has 3 rings (SSSR count). The van der Waals surface area contributed by atoms with Crippen molar-refractivity contribution in [2.75, 3.05) is 23.8 Å². The van der Waals surface area contributed by atoms with Crippen LogP contribution in [-0.4, -0.2) is 34.0 Å². The molecule has 0 bridgehead atoms. The molecule has 3 aromatic carbocycles. The van der Waals surface area contributed by atoms with Crippen molar-refractivity contribution in [3.63, 3.8) is 0 Å². The van der Waals surface area contributed by atoms with E-state index in [0.717, 1.165) is 18.4 Å². The van der Waals surface area contributed by atoms with Crippen LogP contribution in [0, 0.1) is 6.92 Å². The van der Waals surface area contributed by atoms with Gasteiger partial charge in [0.1, 0.15) is 5.75 Å².